The van der Waals surface area contributed by atoms with Crippen molar-refractivity contribution < 1.29 is 4.74 Å². The number of nitrogens with zero attached hydrogens (tertiary/aromatic N) is 1. The molecule has 0 aromatic carbocycles. The number of hydrogen-bond acceptors (Lipinski definition) is 3. The largest absolute Gasteiger partial charge is 0.475 e. The lowest BCUT2D eigenvalue weighted by molar-refractivity contribution is 0.209. The van der Waals surface area contributed by atoms with Crippen LogP contribution >= 0.6 is 0 Å². The first-order valence-corrected chi connectivity index (χ1v) is 4.57. The molecule has 13 heavy (non-hydrogen) atoms. The Morgan fingerprint density at radius 3 is 2.92 bits per heavy atom. The number of ether oxygens (including phenoxy) is 1. The maximum Gasteiger partial charge on any atom is 0.215 e. The van der Waals surface area contributed by atoms with Crippen LogP contribution in [-0.2, 0) is 0 Å². The molecule has 0 aliphatic carbocycles. The molecule has 1 rings (SSSR count). The monoisotopic (exact) mass is 180 g/mol. The molecule has 1 heterocycles. The van der Waals surface area contributed by atoms with Crippen molar-refractivity contribution in [2.45, 2.75) is 26.4 Å². The minimum Gasteiger partial charge on any atom is -0.475 e. The third kappa shape index (κ3) is 2.93. The Balaban J connectivity index is 2.66. The summed E-state index contributed by atoms with van der Waals surface area (Å²) in [7, 11) is 1.84. The van der Waals surface area contributed by atoms with Crippen molar-refractivity contribution in [3.63, 3.8) is 0 Å². The van der Waals surface area contributed by atoms with Crippen molar-refractivity contribution in [3.8, 4) is 5.88 Å². The molecule has 0 bridgehead atoms. The fraction of sp³-hybridized carbons (Fsp3) is 0.500. The van der Waals surface area contributed by atoms with Gasteiger partial charge in [-0.15, -0.1) is 0 Å². The Morgan fingerprint density at radius 2 is 2.31 bits per heavy atom. The van der Waals surface area contributed by atoms with Crippen molar-refractivity contribution >= 4 is 5.82 Å². The van der Waals surface area contributed by atoms with Crippen molar-refractivity contribution in [2.24, 2.45) is 0 Å². The molecule has 0 radical (unpaired) electrons. The molecule has 1 aromatic rings. The van der Waals surface area contributed by atoms with Gasteiger partial charge in [0.25, 0.3) is 0 Å². The second-order valence-electron chi connectivity index (χ2n) is 2.95. The number of hydrogen-bond donors (Lipinski definition) is 1. The molecule has 0 saturated heterocycles. The van der Waals surface area contributed by atoms with Crippen LogP contribution in [0.15, 0.2) is 18.2 Å². The van der Waals surface area contributed by atoms with E-state index in [2.05, 4.69) is 17.2 Å². The smallest absolute Gasteiger partial charge is 0.215 e. The summed E-state index contributed by atoms with van der Waals surface area (Å²) in [6.07, 6.45) is 1.21. The van der Waals surface area contributed by atoms with Gasteiger partial charge < -0.3 is 10.1 Å². The second kappa shape index (κ2) is 4.70. The standard InChI is InChI=1S/C10H16N2O/c1-4-8(2)13-10-7-5-6-9(11-3)12-10/h5-8H,4H2,1-3H3,(H,11,12). The summed E-state index contributed by atoms with van der Waals surface area (Å²) >= 11 is 0. The molecule has 0 aliphatic rings. The summed E-state index contributed by atoms with van der Waals surface area (Å²) in [6, 6.07) is 5.70. The SMILES string of the molecule is CCC(C)Oc1cccc(NC)n1. The van der Waals surface area contributed by atoms with Crippen LogP contribution in [0.2, 0.25) is 0 Å². The fourth-order valence-corrected chi connectivity index (χ4v) is 0.909. The van der Waals surface area contributed by atoms with Gasteiger partial charge in [0.15, 0.2) is 0 Å². The van der Waals surface area contributed by atoms with Crippen LogP contribution in [0.3, 0.4) is 0 Å². The summed E-state index contributed by atoms with van der Waals surface area (Å²) in [6.45, 7) is 4.13. The lowest BCUT2D eigenvalue weighted by Crippen LogP contribution is -2.10. The second-order valence-corrected chi connectivity index (χ2v) is 2.95. The Hall–Kier alpha value is -1.25. The quantitative estimate of drug-likeness (QED) is 0.772. The van der Waals surface area contributed by atoms with Gasteiger partial charge >= 0.3 is 0 Å². The summed E-state index contributed by atoms with van der Waals surface area (Å²) < 4.78 is 5.55. The third-order valence-corrected chi connectivity index (χ3v) is 1.88. The number of pyridine rings is 1. The zero-order chi connectivity index (χ0) is 9.68. The van der Waals surface area contributed by atoms with E-state index in [1.54, 1.807) is 0 Å². The summed E-state index contributed by atoms with van der Waals surface area (Å²) in [5.41, 5.74) is 0. The van der Waals surface area contributed by atoms with Gasteiger partial charge in [-0.25, -0.2) is 0 Å². The molecule has 0 fully saturated rings. The first-order chi connectivity index (χ1) is 6.26. The minimum atomic E-state index is 0.222. The van der Waals surface area contributed by atoms with Crippen LogP contribution in [0.5, 0.6) is 5.88 Å². The molecule has 0 aliphatic heterocycles. The molecule has 0 spiro atoms. The molecular weight excluding hydrogens is 164 g/mol. The fourth-order valence-electron chi connectivity index (χ4n) is 0.909. The van der Waals surface area contributed by atoms with Gasteiger partial charge in [0, 0.05) is 13.1 Å². The highest BCUT2D eigenvalue weighted by Gasteiger charge is 2.01. The van der Waals surface area contributed by atoms with E-state index in [0.717, 1.165) is 12.2 Å². The number of nitrogens with one attached hydrogen (secondary N) is 1. The van der Waals surface area contributed by atoms with E-state index in [-0.39, 0.29) is 6.10 Å². The zero-order valence-electron chi connectivity index (χ0n) is 8.37. The van der Waals surface area contributed by atoms with E-state index < -0.39 is 0 Å². The van der Waals surface area contributed by atoms with Gasteiger partial charge in [-0.1, -0.05) is 13.0 Å². The van der Waals surface area contributed by atoms with Gasteiger partial charge in [0.2, 0.25) is 5.88 Å². The van der Waals surface area contributed by atoms with E-state index in [4.69, 9.17) is 4.74 Å². The third-order valence-electron chi connectivity index (χ3n) is 1.88. The van der Waals surface area contributed by atoms with Gasteiger partial charge in [-0.2, -0.15) is 4.98 Å². The number of rotatable bonds is 4. The highest BCUT2D eigenvalue weighted by Crippen LogP contribution is 2.12. The topological polar surface area (TPSA) is 34.1 Å². The predicted octanol–water partition coefficient (Wildman–Crippen LogP) is 2.30. The Labute approximate surface area is 79.1 Å². The van der Waals surface area contributed by atoms with Crippen LogP contribution in [0.25, 0.3) is 0 Å². The lowest BCUT2D eigenvalue weighted by atomic mass is 10.3. The van der Waals surface area contributed by atoms with Gasteiger partial charge in [-0.3, -0.25) is 0 Å². The van der Waals surface area contributed by atoms with Gasteiger partial charge in [-0.05, 0) is 19.4 Å². The van der Waals surface area contributed by atoms with Crippen LogP contribution in [0, 0.1) is 0 Å². The highest BCUT2D eigenvalue weighted by molar-refractivity contribution is 5.36. The van der Waals surface area contributed by atoms with Crippen molar-refractivity contribution in [3.05, 3.63) is 18.2 Å². The van der Waals surface area contributed by atoms with E-state index in [1.807, 2.05) is 32.2 Å². The van der Waals surface area contributed by atoms with Crippen LogP contribution in [-0.4, -0.2) is 18.1 Å². The molecule has 1 aromatic heterocycles. The average Bonchev–Trinajstić information content (AvgIpc) is 2.18. The normalized spacial score (nSPS) is 12.2. The molecule has 72 valence electrons. The summed E-state index contributed by atoms with van der Waals surface area (Å²) in [5, 5.41) is 2.97. The minimum absolute atomic E-state index is 0.222. The van der Waals surface area contributed by atoms with Crippen LogP contribution in [0.1, 0.15) is 20.3 Å². The average molecular weight is 180 g/mol. The maximum atomic E-state index is 5.55. The van der Waals surface area contributed by atoms with E-state index in [9.17, 15) is 0 Å². The van der Waals surface area contributed by atoms with E-state index in [0.29, 0.717) is 5.88 Å². The van der Waals surface area contributed by atoms with Crippen LogP contribution in [0.4, 0.5) is 5.82 Å². The Morgan fingerprint density at radius 1 is 1.54 bits per heavy atom. The van der Waals surface area contributed by atoms with Gasteiger partial charge in [0.1, 0.15) is 5.82 Å². The molecule has 1 N–H and O–H groups in total. The molecule has 1 atom stereocenters. The zero-order valence-corrected chi connectivity index (χ0v) is 8.37. The lowest BCUT2D eigenvalue weighted by Gasteiger charge is -2.11. The molecule has 0 amide bonds. The molecule has 3 nitrogen and oxygen atoms in total. The molecule has 1 unspecified atom stereocenters. The maximum absolute atomic E-state index is 5.55. The van der Waals surface area contributed by atoms with E-state index in [1.165, 1.54) is 0 Å². The van der Waals surface area contributed by atoms with Crippen molar-refractivity contribution in [2.75, 3.05) is 12.4 Å². The van der Waals surface area contributed by atoms with Crippen molar-refractivity contribution in [1.29, 1.82) is 0 Å². The van der Waals surface area contributed by atoms with Gasteiger partial charge in [0.05, 0.1) is 6.10 Å². The number of anilines is 1. The van der Waals surface area contributed by atoms with E-state index >= 15 is 0 Å². The van der Waals surface area contributed by atoms with Crippen molar-refractivity contribution in [1.82, 2.24) is 4.98 Å². The Kier molecular flexibility index (Phi) is 3.55. The first-order valence-electron chi connectivity index (χ1n) is 4.57. The molecule has 0 saturated carbocycles. The first kappa shape index (κ1) is 9.84. The van der Waals surface area contributed by atoms with Crippen LogP contribution < -0.4 is 10.1 Å². The summed E-state index contributed by atoms with van der Waals surface area (Å²) in [5.74, 6) is 1.52. The summed E-state index contributed by atoms with van der Waals surface area (Å²) in [4.78, 5) is 4.25. The highest BCUT2D eigenvalue weighted by atomic mass is 16.5. The molecule has 3 heteroatoms. The Bertz CT molecular complexity index is 263. The predicted molar refractivity (Wildman–Crippen MR) is 54.2 cm³/mol. The molecular formula is C10H16N2O. The number of aromatic nitrogens is 1.